The Hall–Kier alpha value is -4.06. The van der Waals surface area contributed by atoms with Gasteiger partial charge in [0.25, 0.3) is 0 Å². The van der Waals surface area contributed by atoms with Gasteiger partial charge in [-0.2, -0.15) is 0 Å². The third-order valence-electron chi connectivity index (χ3n) is 4.26. The minimum atomic E-state index is -0.271. The molecule has 0 bridgehead atoms. The van der Waals surface area contributed by atoms with Crippen molar-refractivity contribution in [3.05, 3.63) is 84.6 Å². The Balaban J connectivity index is 1.73. The minimum absolute atomic E-state index is 0.271. The fourth-order valence-electron chi connectivity index (χ4n) is 2.72. The molecule has 2 N–H and O–H groups in total. The van der Waals surface area contributed by atoms with Gasteiger partial charge in [-0.1, -0.05) is 30.9 Å². The topological polar surface area (TPSA) is 72.5 Å². The summed E-state index contributed by atoms with van der Waals surface area (Å²) in [7, 11) is 3.25. The number of amides is 1. The number of para-hydroxylation sites is 2. The summed E-state index contributed by atoms with van der Waals surface area (Å²) in [4.78, 5) is 16.1. The quantitative estimate of drug-likeness (QED) is 0.512. The zero-order chi connectivity index (χ0) is 21.3. The Labute approximate surface area is 175 Å². The number of ether oxygens (including phenoxy) is 2. The molecule has 30 heavy (non-hydrogen) atoms. The molecule has 0 radical (unpaired) electrons. The maximum Gasteiger partial charge on any atom is 0.247 e. The van der Waals surface area contributed by atoms with Crippen molar-refractivity contribution in [3.8, 4) is 11.5 Å². The number of nitrogens with one attached hydrogen (secondary N) is 2. The van der Waals surface area contributed by atoms with Crippen LogP contribution < -0.4 is 20.1 Å². The van der Waals surface area contributed by atoms with Crippen molar-refractivity contribution in [2.75, 3.05) is 24.9 Å². The monoisotopic (exact) mass is 401 g/mol. The van der Waals surface area contributed by atoms with Crippen LogP contribution in [-0.4, -0.2) is 25.1 Å². The van der Waals surface area contributed by atoms with Gasteiger partial charge in [-0.05, 0) is 53.6 Å². The van der Waals surface area contributed by atoms with E-state index in [1.807, 2.05) is 66.7 Å². The molecule has 0 aliphatic heterocycles. The van der Waals surface area contributed by atoms with Gasteiger partial charge >= 0.3 is 0 Å². The second kappa shape index (κ2) is 9.93. The second-order valence-electron chi connectivity index (χ2n) is 6.32. The zero-order valence-corrected chi connectivity index (χ0v) is 16.9. The SMILES string of the molecule is C=CC(=O)Nc1ccccc1Nc1ccc(/C=C\c2cc(OC)cc(OC)c2)cn1. The Morgan fingerprint density at radius 3 is 2.20 bits per heavy atom. The summed E-state index contributed by atoms with van der Waals surface area (Å²) < 4.78 is 10.6. The number of aromatic nitrogens is 1. The first-order valence-corrected chi connectivity index (χ1v) is 9.28. The van der Waals surface area contributed by atoms with Crippen molar-refractivity contribution >= 4 is 35.3 Å². The van der Waals surface area contributed by atoms with Crippen LogP contribution in [0.3, 0.4) is 0 Å². The van der Waals surface area contributed by atoms with Crippen molar-refractivity contribution in [2.24, 2.45) is 0 Å². The molecule has 0 fully saturated rings. The smallest absolute Gasteiger partial charge is 0.247 e. The van der Waals surface area contributed by atoms with Gasteiger partial charge in [-0.3, -0.25) is 4.79 Å². The average Bonchev–Trinajstić information content (AvgIpc) is 2.79. The van der Waals surface area contributed by atoms with Crippen LogP contribution in [0, 0.1) is 0 Å². The summed E-state index contributed by atoms with van der Waals surface area (Å²) in [6.07, 6.45) is 6.92. The van der Waals surface area contributed by atoms with Crippen molar-refractivity contribution in [1.29, 1.82) is 0 Å². The molecule has 1 heterocycles. The van der Waals surface area contributed by atoms with Gasteiger partial charge in [0.05, 0.1) is 25.6 Å². The molecule has 0 saturated heterocycles. The molecule has 3 aromatic rings. The van der Waals surface area contributed by atoms with Crippen LogP contribution in [0.5, 0.6) is 11.5 Å². The fourth-order valence-corrected chi connectivity index (χ4v) is 2.72. The lowest BCUT2D eigenvalue weighted by atomic mass is 10.1. The van der Waals surface area contributed by atoms with E-state index in [0.717, 1.165) is 28.3 Å². The number of pyridine rings is 1. The van der Waals surface area contributed by atoms with Gasteiger partial charge in [0.15, 0.2) is 0 Å². The fraction of sp³-hybridized carbons (Fsp3) is 0.0833. The van der Waals surface area contributed by atoms with Crippen LogP contribution in [-0.2, 0) is 4.79 Å². The van der Waals surface area contributed by atoms with Crippen molar-refractivity contribution in [1.82, 2.24) is 4.98 Å². The number of anilines is 3. The normalized spacial score (nSPS) is 10.5. The molecule has 0 saturated carbocycles. The van der Waals surface area contributed by atoms with Crippen LogP contribution >= 0.6 is 0 Å². The van der Waals surface area contributed by atoms with Gasteiger partial charge in [-0.15, -0.1) is 0 Å². The third-order valence-corrected chi connectivity index (χ3v) is 4.26. The van der Waals surface area contributed by atoms with Gasteiger partial charge in [0.2, 0.25) is 5.91 Å². The molecule has 3 rings (SSSR count). The molecule has 0 spiro atoms. The predicted octanol–water partition coefficient (Wildman–Crippen LogP) is 5.14. The van der Waals surface area contributed by atoms with E-state index < -0.39 is 0 Å². The van der Waals surface area contributed by atoms with Crippen LogP contribution in [0.4, 0.5) is 17.2 Å². The highest BCUT2D eigenvalue weighted by Crippen LogP contribution is 2.25. The van der Waals surface area contributed by atoms with Crippen LogP contribution in [0.25, 0.3) is 12.2 Å². The van der Waals surface area contributed by atoms with Crippen molar-refractivity contribution in [3.63, 3.8) is 0 Å². The largest absolute Gasteiger partial charge is 0.497 e. The molecule has 0 aliphatic carbocycles. The Morgan fingerprint density at radius 2 is 1.60 bits per heavy atom. The van der Waals surface area contributed by atoms with E-state index in [2.05, 4.69) is 22.2 Å². The second-order valence-corrected chi connectivity index (χ2v) is 6.32. The summed E-state index contributed by atoms with van der Waals surface area (Å²) >= 11 is 0. The highest BCUT2D eigenvalue weighted by Gasteiger charge is 2.05. The number of carbonyl (C=O) groups excluding carboxylic acids is 1. The molecule has 0 atom stereocenters. The molecular weight excluding hydrogens is 378 g/mol. The number of nitrogens with zero attached hydrogens (tertiary/aromatic N) is 1. The standard InChI is InChI=1S/C24H23N3O3/c1-4-24(28)27-22-8-6-5-7-21(22)26-23-12-11-17(16-25-23)9-10-18-13-19(29-2)15-20(14-18)30-3/h4-16H,1H2,2-3H3,(H,25,26)(H,27,28)/b10-9-. The zero-order valence-electron chi connectivity index (χ0n) is 16.9. The molecule has 152 valence electrons. The van der Waals surface area contributed by atoms with Gasteiger partial charge < -0.3 is 20.1 Å². The van der Waals surface area contributed by atoms with E-state index >= 15 is 0 Å². The first-order valence-electron chi connectivity index (χ1n) is 9.28. The number of methoxy groups -OCH3 is 2. The predicted molar refractivity (Wildman–Crippen MR) is 121 cm³/mol. The van der Waals surface area contributed by atoms with Crippen LogP contribution in [0.1, 0.15) is 11.1 Å². The number of hydrogen-bond acceptors (Lipinski definition) is 5. The van der Waals surface area contributed by atoms with Gasteiger partial charge in [0, 0.05) is 12.3 Å². The van der Waals surface area contributed by atoms with E-state index in [1.165, 1.54) is 6.08 Å². The highest BCUT2D eigenvalue weighted by molar-refractivity contribution is 6.01. The molecule has 6 heteroatoms. The first-order chi connectivity index (χ1) is 14.6. The van der Waals surface area contributed by atoms with Gasteiger partial charge in [-0.25, -0.2) is 4.98 Å². The van der Waals surface area contributed by atoms with E-state index in [1.54, 1.807) is 20.4 Å². The summed E-state index contributed by atoms with van der Waals surface area (Å²) in [5.41, 5.74) is 3.29. The lowest BCUT2D eigenvalue weighted by Gasteiger charge is -2.11. The van der Waals surface area contributed by atoms with E-state index in [4.69, 9.17) is 9.47 Å². The molecule has 0 aliphatic rings. The van der Waals surface area contributed by atoms with Crippen molar-refractivity contribution < 1.29 is 14.3 Å². The molecule has 0 unspecified atom stereocenters. The minimum Gasteiger partial charge on any atom is -0.497 e. The van der Waals surface area contributed by atoms with E-state index in [9.17, 15) is 4.79 Å². The van der Waals surface area contributed by atoms with Crippen LogP contribution in [0.2, 0.25) is 0 Å². The summed E-state index contributed by atoms with van der Waals surface area (Å²) in [6.45, 7) is 3.47. The molecule has 1 aromatic heterocycles. The van der Waals surface area contributed by atoms with E-state index in [-0.39, 0.29) is 5.91 Å². The van der Waals surface area contributed by atoms with Crippen molar-refractivity contribution in [2.45, 2.75) is 0 Å². The molecule has 6 nitrogen and oxygen atoms in total. The average molecular weight is 401 g/mol. The molecular formula is C24H23N3O3. The lowest BCUT2D eigenvalue weighted by molar-refractivity contribution is -0.111. The Kier molecular flexibility index (Phi) is 6.84. The highest BCUT2D eigenvalue weighted by atomic mass is 16.5. The maximum absolute atomic E-state index is 11.6. The van der Waals surface area contributed by atoms with Gasteiger partial charge in [0.1, 0.15) is 17.3 Å². The Bertz CT molecular complexity index is 1040. The Morgan fingerprint density at radius 1 is 0.933 bits per heavy atom. The molecule has 1 amide bonds. The number of rotatable bonds is 8. The number of benzene rings is 2. The molecule has 2 aromatic carbocycles. The summed E-state index contributed by atoms with van der Waals surface area (Å²) in [6, 6.07) is 16.9. The number of carbonyl (C=O) groups is 1. The lowest BCUT2D eigenvalue weighted by Crippen LogP contribution is -2.09. The first kappa shape index (κ1) is 20.7. The number of hydrogen-bond donors (Lipinski definition) is 2. The van der Waals surface area contributed by atoms with Crippen LogP contribution in [0.15, 0.2) is 73.4 Å². The summed E-state index contributed by atoms with van der Waals surface area (Å²) in [5, 5.41) is 5.99. The maximum atomic E-state index is 11.6. The third kappa shape index (κ3) is 5.48. The van der Waals surface area contributed by atoms with E-state index in [0.29, 0.717) is 11.5 Å². The summed E-state index contributed by atoms with van der Waals surface area (Å²) in [5.74, 6) is 1.85.